The van der Waals surface area contributed by atoms with Gasteiger partial charge in [0.25, 0.3) is 5.91 Å². The molecular weight excluding hydrogens is 228 g/mol. The van der Waals surface area contributed by atoms with Crippen molar-refractivity contribution >= 4 is 5.91 Å². The number of carbonyl (C=O) groups excluding carboxylic acids is 1. The summed E-state index contributed by atoms with van der Waals surface area (Å²) in [7, 11) is 0. The SMILES string of the molecule is Cc1ccc(OC(C)C(=O)n2ccnc2)cc1C. The smallest absolute Gasteiger partial charge is 0.272 e. The minimum atomic E-state index is -0.540. The number of rotatable bonds is 3. The van der Waals surface area contributed by atoms with Crippen molar-refractivity contribution in [2.45, 2.75) is 26.9 Å². The number of imidazole rings is 1. The van der Waals surface area contributed by atoms with Gasteiger partial charge in [-0.15, -0.1) is 0 Å². The minimum Gasteiger partial charge on any atom is -0.481 e. The molecule has 0 aliphatic carbocycles. The molecule has 0 amide bonds. The van der Waals surface area contributed by atoms with Gasteiger partial charge in [-0.25, -0.2) is 4.98 Å². The summed E-state index contributed by atoms with van der Waals surface area (Å²) in [4.78, 5) is 15.8. The van der Waals surface area contributed by atoms with Crippen molar-refractivity contribution in [3.05, 3.63) is 48.0 Å². The molecule has 1 atom stereocenters. The lowest BCUT2D eigenvalue weighted by Gasteiger charge is -2.14. The van der Waals surface area contributed by atoms with E-state index in [2.05, 4.69) is 4.98 Å². The number of ether oxygens (including phenoxy) is 1. The zero-order valence-electron chi connectivity index (χ0n) is 10.8. The Balaban J connectivity index is 2.09. The van der Waals surface area contributed by atoms with Crippen LogP contribution in [-0.4, -0.2) is 21.6 Å². The van der Waals surface area contributed by atoms with Gasteiger partial charge in [0.15, 0.2) is 6.10 Å². The van der Waals surface area contributed by atoms with Gasteiger partial charge in [0.2, 0.25) is 0 Å². The second-order valence-corrected chi connectivity index (χ2v) is 4.31. The molecule has 0 saturated carbocycles. The monoisotopic (exact) mass is 244 g/mol. The van der Waals surface area contributed by atoms with Crippen LogP contribution in [0.3, 0.4) is 0 Å². The Kier molecular flexibility index (Phi) is 3.46. The van der Waals surface area contributed by atoms with Crippen LogP contribution in [0.5, 0.6) is 5.75 Å². The Bertz CT molecular complexity index is 547. The molecule has 1 heterocycles. The lowest BCUT2D eigenvalue weighted by atomic mass is 10.1. The topological polar surface area (TPSA) is 44.1 Å². The molecule has 4 heteroatoms. The standard InChI is InChI=1S/C14H16N2O2/c1-10-4-5-13(8-11(10)2)18-12(3)14(17)16-7-6-15-9-16/h4-9,12H,1-3H3. The second kappa shape index (κ2) is 5.04. The zero-order chi connectivity index (χ0) is 13.1. The predicted octanol–water partition coefficient (Wildman–Crippen LogP) is 2.61. The minimum absolute atomic E-state index is 0.134. The number of hydrogen-bond donors (Lipinski definition) is 0. The van der Waals surface area contributed by atoms with Crippen LogP contribution in [0.25, 0.3) is 0 Å². The molecule has 0 radical (unpaired) electrons. The van der Waals surface area contributed by atoms with Crippen molar-refractivity contribution in [1.82, 2.24) is 9.55 Å². The first-order valence-electron chi connectivity index (χ1n) is 5.84. The van der Waals surface area contributed by atoms with Crippen LogP contribution in [0.2, 0.25) is 0 Å². The molecule has 0 spiro atoms. The molecule has 94 valence electrons. The summed E-state index contributed by atoms with van der Waals surface area (Å²) in [5.41, 5.74) is 2.35. The summed E-state index contributed by atoms with van der Waals surface area (Å²) in [6, 6.07) is 5.80. The first kappa shape index (κ1) is 12.4. The second-order valence-electron chi connectivity index (χ2n) is 4.31. The van der Waals surface area contributed by atoms with Gasteiger partial charge in [-0.05, 0) is 44.0 Å². The van der Waals surface area contributed by atoms with Gasteiger partial charge in [0.1, 0.15) is 12.1 Å². The first-order chi connectivity index (χ1) is 8.58. The summed E-state index contributed by atoms with van der Waals surface area (Å²) in [6.45, 7) is 5.79. The van der Waals surface area contributed by atoms with Gasteiger partial charge in [0, 0.05) is 12.4 Å². The summed E-state index contributed by atoms with van der Waals surface area (Å²) in [6.07, 6.45) is 4.12. The highest BCUT2D eigenvalue weighted by molar-refractivity contribution is 5.83. The van der Waals surface area contributed by atoms with E-state index in [0.717, 1.165) is 5.56 Å². The van der Waals surface area contributed by atoms with Crippen LogP contribution in [-0.2, 0) is 0 Å². The molecule has 0 saturated heterocycles. The molecule has 4 nitrogen and oxygen atoms in total. The number of aryl methyl sites for hydroxylation is 2. The van der Waals surface area contributed by atoms with Gasteiger partial charge in [0.05, 0.1) is 0 Å². The molecule has 0 aliphatic heterocycles. The van der Waals surface area contributed by atoms with Gasteiger partial charge in [-0.1, -0.05) is 6.07 Å². The third-order valence-corrected chi connectivity index (χ3v) is 2.90. The number of benzene rings is 1. The Morgan fingerprint density at radius 1 is 1.33 bits per heavy atom. The summed E-state index contributed by atoms with van der Waals surface area (Å²) >= 11 is 0. The number of aromatic nitrogens is 2. The van der Waals surface area contributed by atoms with E-state index in [-0.39, 0.29) is 5.91 Å². The molecule has 0 aliphatic rings. The molecule has 1 aromatic heterocycles. The highest BCUT2D eigenvalue weighted by Gasteiger charge is 2.16. The van der Waals surface area contributed by atoms with Crippen LogP contribution in [0.15, 0.2) is 36.9 Å². The van der Waals surface area contributed by atoms with Crippen molar-refractivity contribution in [2.75, 3.05) is 0 Å². The van der Waals surface area contributed by atoms with Crippen molar-refractivity contribution < 1.29 is 9.53 Å². The Labute approximate surface area is 106 Å². The summed E-state index contributed by atoms with van der Waals surface area (Å²) < 4.78 is 7.06. The van der Waals surface area contributed by atoms with Gasteiger partial charge < -0.3 is 4.74 Å². The lowest BCUT2D eigenvalue weighted by Crippen LogP contribution is -2.28. The average molecular weight is 244 g/mol. The summed E-state index contributed by atoms with van der Waals surface area (Å²) in [5, 5.41) is 0. The number of nitrogens with zero attached hydrogens (tertiary/aromatic N) is 2. The maximum absolute atomic E-state index is 12.0. The maximum atomic E-state index is 12.0. The molecule has 18 heavy (non-hydrogen) atoms. The number of hydrogen-bond acceptors (Lipinski definition) is 3. The fraction of sp³-hybridized carbons (Fsp3) is 0.286. The van der Waals surface area contributed by atoms with Crippen LogP contribution in [0.1, 0.15) is 22.8 Å². The van der Waals surface area contributed by atoms with E-state index >= 15 is 0 Å². The molecule has 0 N–H and O–H groups in total. The third-order valence-electron chi connectivity index (χ3n) is 2.90. The van der Waals surface area contributed by atoms with E-state index in [1.165, 1.54) is 16.5 Å². The third kappa shape index (κ3) is 2.59. The highest BCUT2D eigenvalue weighted by atomic mass is 16.5. The van der Waals surface area contributed by atoms with Crippen molar-refractivity contribution in [1.29, 1.82) is 0 Å². The van der Waals surface area contributed by atoms with E-state index in [4.69, 9.17) is 4.74 Å². The Hall–Kier alpha value is -2.10. The summed E-state index contributed by atoms with van der Waals surface area (Å²) in [5.74, 6) is 0.574. The fourth-order valence-electron chi connectivity index (χ4n) is 1.64. The predicted molar refractivity (Wildman–Crippen MR) is 68.9 cm³/mol. The maximum Gasteiger partial charge on any atom is 0.272 e. The van der Waals surface area contributed by atoms with Crippen molar-refractivity contribution in [2.24, 2.45) is 0 Å². The fourth-order valence-corrected chi connectivity index (χ4v) is 1.64. The van der Waals surface area contributed by atoms with Crippen molar-refractivity contribution in [3.63, 3.8) is 0 Å². The van der Waals surface area contributed by atoms with Crippen molar-refractivity contribution in [3.8, 4) is 5.75 Å². The van der Waals surface area contributed by atoms with E-state index in [0.29, 0.717) is 5.75 Å². The molecular formula is C14H16N2O2. The Morgan fingerprint density at radius 3 is 2.72 bits per heavy atom. The zero-order valence-corrected chi connectivity index (χ0v) is 10.8. The van der Waals surface area contributed by atoms with E-state index < -0.39 is 6.10 Å². The van der Waals surface area contributed by atoms with Gasteiger partial charge in [-0.3, -0.25) is 9.36 Å². The lowest BCUT2D eigenvalue weighted by molar-refractivity contribution is 0.0727. The largest absolute Gasteiger partial charge is 0.481 e. The van der Waals surface area contributed by atoms with Crippen LogP contribution in [0.4, 0.5) is 0 Å². The first-order valence-corrected chi connectivity index (χ1v) is 5.84. The van der Waals surface area contributed by atoms with Crippen LogP contribution in [0, 0.1) is 13.8 Å². The molecule has 1 unspecified atom stereocenters. The molecule has 0 bridgehead atoms. The van der Waals surface area contributed by atoms with Gasteiger partial charge in [-0.2, -0.15) is 0 Å². The molecule has 1 aromatic carbocycles. The van der Waals surface area contributed by atoms with Crippen LogP contribution < -0.4 is 4.74 Å². The number of carbonyl (C=O) groups is 1. The molecule has 2 aromatic rings. The van der Waals surface area contributed by atoms with E-state index in [9.17, 15) is 4.79 Å². The van der Waals surface area contributed by atoms with Crippen LogP contribution >= 0.6 is 0 Å². The van der Waals surface area contributed by atoms with Gasteiger partial charge >= 0.3 is 0 Å². The molecule has 2 rings (SSSR count). The Morgan fingerprint density at radius 2 is 2.11 bits per heavy atom. The quantitative estimate of drug-likeness (QED) is 0.833. The average Bonchev–Trinajstić information content (AvgIpc) is 2.86. The van der Waals surface area contributed by atoms with E-state index in [1.807, 2.05) is 32.0 Å². The highest BCUT2D eigenvalue weighted by Crippen LogP contribution is 2.18. The molecule has 0 fully saturated rings. The van der Waals surface area contributed by atoms with E-state index in [1.54, 1.807) is 19.3 Å². The normalized spacial score (nSPS) is 12.2.